The molecule has 174 valence electrons. The van der Waals surface area contributed by atoms with Crippen LogP contribution in [-0.2, 0) is 20.9 Å². The molecule has 3 N–H and O–H groups in total. The van der Waals surface area contributed by atoms with E-state index in [1.807, 2.05) is 19.0 Å². The summed E-state index contributed by atoms with van der Waals surface area (Å²) < 4.78 is 30.9. The van der Waals surface area contributed by atoms with Crippen LogP contribution in [0.2, 0.25) is 0 Å². The van der Waals surface area contributed by atoms with Gasteiger partial charge in [-0.15, -0.1) is 0 Å². The van der Waals surface area contributed by atoms with Crippen molar-refractivity contribution in [1.82, 2.24) is 25.8 Å². The maximum absolute atomic E-state index is 12.8. The standard InChI is InChI=1S/C20H31F2N5O4/c1-14(5-7-26-19(30)20(2,21)22)31-18(29)15-6-8-24-16(11-15)12-23-13-17(28)25-9-10-27(3)4/h6,8,11,14,23H,5,7,9-10,12-13H2,1-4H3,(H,25,28)(H,26,30). The average Bonchev–Trinajstić information content (AvgIpc) is 2.67. The highest BCUT2D eigenvalue weighted by atomic mass is 19.3. The quantitative estimate of drug-likeness (QED) is 0.382. The Kier molecular flexibility index (Phi) is 11.0. The Morgan fingerprint density at radius 3 is 2.58 bits per heavy atom. The minimum atomic E-state index is -3.45. The zero-order chi connectivity index (χ0) is 23.4. The third kappa shape index (κ3) is 11.3. The van der Waals surface area contributed by atoms with Gasteiger partial charge < -0.3 is 25.6 Å². The van der Waals surface area contributed by atoms with Crippen LogP contribution >= 0.6 is 0 Å². The van der Waals surface area contributed by atoms with Crippen molar-refractivity contribution in [1.29, 1.82) is 0 Å². The van der Waals surface area contributed by atoms with E-state index in [4.69, 9.17) is 4.74 Å². The van der Waals surface area contributed by atoms with Crippen LogP contribution < -0.4 is 16.0 Å². The number of halogens is 2. The number of esters is 1. The van der Waals surface area contributed by atoms with Gasteiger partial charge in [-0.05, 0) is 33.2 Å². The van der Waals surface area contributed by atoms with E-state index in [2.05, 4.69) is 20.9 Å². The van der Waals surface area contributed by atoms with Crippen LogP contribution in [0.4, 0.5) is 8.78 Å². The van der Waals surface area contributed by atoms with Gasteiger partial charge in [0.2, 0.25) is 5.91 Å². The van der Waals surface area contributed by atoms with E-state index in [9.17, 15) is 23.2 Å². The first-order valence-electron chi connectivity index (χ1n) is 9.93. The van der Waals surface area contributed by atoms with Crippen LogP contribution in [0, 0.1) is 0 Å². The zero-order valence-corrected chi connectivity index (χ0v) is 18.3. The Morgan fingerprint density at radius 2 is 1.94 bits per heavy atom. The van der Waals surface area contributed by atoms with Crippen molar-refractivity contribution < 1.29 is 27.9 Å². The highest BCUT2D eigenvalue weighted by Crippen LogP contribution is 2.11. The highest BCUT2D eigenvalue weighted by molar-refractivity contribution is 5.89. The number of nitrogens with one attached hydrogen (secondary N) is 3. The van der Waals surface area contributed by atoms with Gasteiger partial charge in [0.1, 0.15) is 6.10 Å². The van der Waals surface area contributed by atoms with Crippen LogP contribution in [-0.4, -0.2) is 80.0 Å². The number of likely N-dealkylation sites (N-methyl/N-ethyl adjacent to an activating group) is 1. The fourth-order valence-corrected chi connectivity index (χ4v) is 2.34. The summed E-state index contributed by atoms with van der Waals surface area (Å²) in [5.41, 5.74) is 0.832. The second kappa shape index (κ2) is 12.9. The van der Waals surface area contributed by atoms with Crippen LogP contribution in [0.5, 0.6) is 0 Å². The topological polar surface area (TPSA) is 113 Å². The number of ether oxygens (including phenoxy) is 1. The van der Waals surface area contributed by atoms with Crippen LogP contribution in [0.25, 0.3) is 0 Å². The van der Waals surface area contributed by atoms with Gasteiger partial charge in [-0.1, -0.05) is 0 Å². The molecule has 1 aromatic rings. The molecule has 0 spiro atoms. The number of pyridine rings is 1. The van der Waals surface area contributed by atoms with E-state index in [0.717, 1.165) is 6.54 Å². The van der Waals surface area contributed by atoms with Gasteiger partial charge in [0.25, 0.3) is 5.91 Å². The molecule has 0 aliphatic rings. The Morgan fingerprint density at radius 1 is 1.23 bits per heavy atom. The summed E-state index contributed by atoms with van der Waals surface area (Å²) in [5, 5.41) is 7.83. The van der Waals surface area contributed by atoms with E-state index >= 15 is 0 Å². The molecule has 0 aliphatic heterocycles. The predicted molar refractivity (Wildman–Crippen MR) is 111 cm³/mol. The lowest BCUT2D eigenvalue weighted by molar-refractivity contribution is -0.143. The number of carbonyl (C=O) groups is 3. The molecular formula is C20H31F2N5O4. The molecule has 1 rings (SSSR count). The summed E-state index contributed by atoms with van der Waals surface area (Å²) in [6, 6.07) is 3.04. The molecule has 0 saturated carbocycles. The number of alkyl halides is 2. The van der Waals surface area contributed by atoms with Crippen molar-refractivity contribution in [2.24, 2.45) is 0 Å². The Bertz CT molecular complexity index is 741. The third-order valence-electron chi connectivity index (χ3n) is 4.07. The van der Waals surface area contributed by atoms with Crippen molar-refractivity contribution >= 4 is 17.8 Å². The van der Waals surface area contributed by atoms with Gasteiger partial charge in [0, 0.05) is 45.7 Å². The molecule has 1 unspecified atom stereocenters. The number of carbonyl (C=O) groups excluding carboxylic acids is 3. The second-order valence-corrected chi connectivity index (χ2v) is 7.44. The third-order valence-corrected chi connectivity index (χ3v) is 4.07. The summed E-state index contributed by atoms with van der Waals surface area (Å²) in [4.78, 5) is 41.2. The Hall–Kier alpha value is -2.66. The summed E-state index contributed by atoms with van der Waals surface area (Å²) >= 11 is 0. The number of hydrogen-bond donors (Lipinski definition) is 3. The Labute approximate surface area is 180 Å². The average molecular weight is 443 g/mol. The van der Waals surface area contributed by atoms with Crippen LogP contribution in [0.1, 0.15) is 36.3 Å². The molecule has 0 aliphatic carbocycles. The molecule has 0 bridgehead atoms. The zero-order valence-electron chi connectivity index (χ0n) is 18.3. The number of rotatable bonds is 13. The second-order valence-electron chi connectivity index (χ2n) is 7.44. The molecule has 1 atom stereocenters. The monoisotopic (exact) mass is 443 g/mol. The summed E-state index contributed by atoms with van der Waals surface area (Å²) in [5.74, 6) is -5.55. The molecule has 0 radical (unpaired) electrons. The molecule has 0 aromatic carbocycles. The van der Waals surface area contributed by atoms with Gasteiger partial charge in [0.15, 0.2) is 0 Å². The molecule has 1 aromatic heterocycles. The fraction of sp³-hybridized carbons (Fsp3) is 0.600. The highest BCUT2D eigenvalue weighted by Gasteiger charge is 2.31. The SMILES string of the molecule is CC(CCNC(=O)C(C)(F)F)OC(=O)c1ccnc(CNCC(=O)NCCN(C)C)c1. The minimum absolute atomic E-state index is 0.0428. The van der Waals surface area contributed by atoms with Gasteiger partial charge in [-0.25, -0.2) is 4.79 Å². The number of aromatic nitrogens is 1. The van der Waals surface area contributed by atoms with Crippen LogP contribution in [0.3, 0.4) is 0 Å². The van der Waals surface area contributed by atoms with Crippen molar-refractivity contribution in [3.8, 4) is 0 Å². The number of amides is 2. The van der Waals surface area contributed by atoms with Gasteiger partial charge in [-0.3, -0.25) is 14.6 Å². The maximum atomic E-state index is 12.8. The number of nitrogens with zero attached hydrogens (tertiary/aromatic N) is 2. The van der Waals surface area contributed by atoms with E-state index in [1.54, 1.807) is 13.0 Å². The summed E-state index contributed by atoms with van der Waals surface area (Å²) in [6.45, 7) is 3.77. The van der Waals surface area contributed by atoms with E-state index in [-0.39, 0.29) is 37.5 Å². The van der Waals surface area contributed by atoms with Crippen molar-refractivity contribution in [3.63, 3.8) is 0 Å². The first-order valence-corrected chi connectivity index (χ1v) is 9.93. The smallest absolute Gasteiger partial charge is 0.338 e. The molecule has 2 amide bonds. The van der Waals surface area contributed by atoms with E-state index in [0.29, 0.717) is 19.2 Å². The van der Waals surface area contributed by atoms with E-state index in [1.165, 1.54) is 12.3 Å². The predicted octanol–water partition coefficient (Wildman–Crippen LogP) is 0.556. The first-order chi connectivity index (χ1) is 14.5. The lowest BCUT2D eigenvalue weighted by Crippen LogP contribution is -2.39. The van der Waals surface area contributed by atoms with Crippen molar-refractivity contribution in [2.45, 2.75) is 38.8 Å². The molecule has 11 heteroatoms. The minimum Gasteiger partial charge on any atom is -0.459 e. The maximum Gasteiger partial charge on any atom is 0.338 e. The molecular weight excluding hydrogens is 412 g/mol. The van der Waals surface area contributed by atoms with E-state index < -0.39 is 23.9 Å². The molecule has 0 saturated heterocycles. The summed E-state index contributed by atoms with van der Waals surface area (Å²) in [7, 11) is 3.83. The van der Waals surface area contributed by atoms with Gasteiger partial charge in [-0.2, -0.15) is 8.78 Å². The molecule has 31 heavy (non-hydrogen) atoms. The van der Waals surface area contributed by atoms with Gasteiger partial charge in [0.05, 0.1) is 17.8 Å². The molecule has 0 fully saturated rings. The lowest BCUT2D eigenvalue weighted by atomic mass is 10.2. The summed E-state index contributed by atoms with van der Waals surface area (Å²) in [6.07, 6.45) is 1.06. The molecule has 9 nitrogen and oxygen atoms in total. The fourth-order valence-electron chi connectivity index (χ4n) is 2.34. The van der Waals surface area contributed by atoms with Crippen molar-refractivity contribution in [3.05, 3.63) is 29.6 Å². The normalized spacial score (nSPS) is 12.4. The molecule has 1 heterocycles. The van der Waals surface area contributed by atoms with Crippen molar-refractivity contribution in [2.75, 3.05) is 40.3 Å². The lowest BCUT2D eigenvalue weighted by Gasteiger charge is -2.15. The van der Waals surface area contributed by atoms with Crippen LogP contribution in [0.15, 0.2) is 18.3 Å². The van der Waals surface area contributed by atoms with Gasteiger partial charge >= 0.3 is 11.9 Å². The largest absolute Gasteiger partial charge is 0.459 e. The first kappa shape index (κ1) is 26.4. The number of hydrogen-bond acceptors (Lipinski definition) is 7. The Balaban J connectivity index is 2.40.